The van der Waals surface area contributed by atoms with E-state index in [1.54, 1.807) is 13.8 Å². The van der Waals surface area contributed by atoms with Gasteiger partial charge < -0.3 is 5.32 Å². The molecule has 24 heavy (non-hydrogen) atoms. The van der Waals surface area contributed by atoms with E-state index in [-0.39, 0.29) is 16.7 Å². The summed E-state index contributed by atoms with van der Waals surface area (Å²) >= 11 is 1.31. The zero-order valence-corrected chi connectivity index (χ0v) is 14.3. The van der Waals surface area contributed by atoms with Crippen LogP contribution in [0.4, 0.5) is 0 Å². The highest BCUT2D eigenvalue weighted by Crippen LogP contribution is 2.18. The Morgan fingerprint density at radius 2 is 1.96 bits per heavy atom. The summed E-state index contributed by atoms with van der Waals surface area (Å²) in [6.45, 7) is 5.34. The van der Waals surface area contributed by atoms with E-state index in [2.05, 4.69) is 20.6 Å². The van der Waals surface area contributed by atoms with E-state index in [1.807, 2.05) is 37.3 Å². The van der Waals surface area contributed by atoms with Crippen molar-refractivity contribution in [3.63, 3.8) is 0 Å². The van der Waals surface area contributed by atoms with E-state index in [9.17, 15) is 9.59 Å². The van der Waals surface area contributed by atoms with Crippen molar-refractivity contribution in [3.05, 3.63) is 51.9 Å². The summed E-state index contributed by atoms with van der Waals surface area (Å²) in [5.74, 6) is -0.0872. The maximum absolute atomic E-state index is 12.7. The van der Waals surface area contributed by atoms with Crippen LogP contribution in [0.25, 0.3) is 5.69 Å². The molecular weight excluding hydrogens is 326 g/mol. The molecule has 1 atom stereocenters. The zero-order chi connectivity index (χ0) is 17.3. The number of nitrogens with one attached hydrogen (secondary N) is 2. The lowest BCUT2D eigenvalue weighted by molar-refractivity contribution is -0.118. The minimum atomic E-state index is -0.184. The Kier molecular flexibility index (Phi) is 4.39. The minimum Gasteiger partial charge on any atom is -0.303 e. The van der Waals surface area contributed by atoms with Gasteiger partial charge in [-0.05, 0) is 32.9 Å². The molecule has 0 radical (unpaired) electrons. The summed E-state index contributed by atoms with van der Waals surface area (Å²) in [4.78, 5) is 24.1. The van der Waals surface area contributed by atoms with Crippen LogP contribution in [0.5, 0.6) is 0 Å². The van der Waals surface area contributed by atoms with Gasteiger partial charge in [-0.2, -0.15) is 5.10 Å². The van der Waals surface area contributed by atoms with E-state index >= 15 is 0 Å². The molecule has 1 aromatic heterocycles. The maximum Gasteiger partial charge on any atom is 0.280 e. The van der Waals surface area contributed by atoms with Gasteiger partial charge in [0.2, 0.25) is 5.91 Å². The molecule has 3 rings (SSSR count). The lowest BCUT2D eigenvalue weighted by Gasteiger charge is -1.99. The summed E-state index contributed by atoms with van der Waals surface area (Å²) in [6, 6.07) is 9.32. The van der Waals surface area contributed by atoms with Crippen molar-refractivity contribution in [3.8, 4) is 5.69 Å². The molecule has 7 nitrogen and oxygen atoms in total. The predicted octanol–water partition coefficient (Wildman–Crippen LogP) is 1.81. The third-order valence-corrected chi connectivity index (χ3v) is 4.60. The molecule has 1 saturated heterocycles. The number of H-pyrrole nitrogens is 1. The second-order valence-corrected chi connectivity index (χ2v) is 6.76. The number of amides is 1. The minimum absolute atomic E-state index is 0.0872. The largest absolute Gasteiger partial charge is 0.303 e. The van der Waals surface area contributed by atoms with E-state index in [0.717, 1.165) is 5.69 Å². The van der Waals surface area contributed by atoms with Crippen molar-refractivity contribution in [2.75, 3.05) is 0 Å². The number of rotatable bonds is 3. The molecule has 1 aliphatic heterocycles. The van der Waals surface area contributed by atoms with Gasteiger partial charge in [0, 0.05) is 5.69 Å². The molecule has 1 aliphatic rings. The van der Waals surface area contributed by atoms with Crippen LogP contribution >= 0.6 is 11.8 Å². The van der Waals surface area contributed by atoms with Gasteiger partial charge in [-0.25, -0.2) is 4.68 Å². The van der Waals surface area contributed by atoms with Crippen LogP contribution in [0.15, 0.2) is 45.3 Å². The number of nitrogens with zero attached hydrogens (tertiary/aromatic N) is 3. The van der Waals surface area contributed by atoms with Gasteiger partial charge in [0.1, 0.15) is 0 Å². The molecule has 124 valence electrons. The third-order valence-electron chi connectivity index (χ3n) is 3.63. The number of benzene rings is 1. The summed E-state index contributed by atoms with van der Waals surface area (Å²) in [5.41, 5.74) is 2.25. The van der Waals surface area contributed by atoms with Gasteiger partial charge in [-0.15, -0.1) is 5.10 Å². The van der Waals surface area contributed by atoms with Crippen LogP contribution in [0.3, 0.4) is 0 Å². The maximum atomic E-state index is 12.7. The number of aromatic nitrogens is 2. The zero-order valence-electron chi connectivity index (χ0n) is 13.5. The number of amidine groups is 1. The average Bonchev–Trinajstić information content (AvgIpc) is 3.05. The molecule has 0 bridgehead atoms. The fourth-order valence-electron chi connectivity index (χ4n) is 2.41. The quantitative estimate of drug-likeness (QED) is 0.657. The molecule has 0 aliphatic carbocycles. The van der Waals surface area contributed by atoms with Crippen LogP contribution < -0.4 is 10.9 Å². The highest BCUT2D eigenvalue weighted by atomic mass is 32.2. The summed E-state index contributed by atoms with van der Waals surface area (Å²) < 4.78 is 1.48. The molecule has 2 N–H and O–H groups in total. The van der Waals surface area contributed by atoms with Crippen LogP contribution in [0, 0.1) is 6.92 Å². The predicted molar refractivity (Wildman–Crippen MR) is 96.0 cm³/mol. The van der Waals surface area contributed by atoms with E-state index in [0.29, 0.717) is 22.1 Å². The molecule has 0 saturated carbocycles. The Balaban J connectivity index is 1.94. The Morgan fingerprint density at radius 3 is 2.58 bits per heavy atom. The average molecular weight is 343 g/mol. The van der Waals surface area contributed by atoms with E-state index in [4.69, 9.17) is 0 Å². The van der Waals surface area contributed by atoms with Gasteiger partial charge in [0.05, 0.1) is 22.2 Å². The normalized spacial score (nSPS) is 19.8. The molecule has 2 heterocycles. The smallest absolute Gasteiger partial charge is 0.280 e. The number of aromatic amines is 1. The Labute approximate surface area is 142 Å². The van der Waals surface area contributed by atoms with Crippen LogP contribution in [-0.2, 0) is 4.79 Å². The van der Waals surface area contributed by atoms with Gasteiger partial charge in [-0.1, -0.05) is 30.0 Å². The fourth-order valence-corrected chi connectivity index (χ4v) is 3.16. The van der Waals surface area contributed by atoms with Crippen LogP contribution in [0.2, 0.25) is 0 Å². The Hall–Kier alpha value is -2.61. The van der Waals surface area contributed by atoms with E-state index in [1.165, 1.54) is 16.4 Å². The second kappa shape index (κ2) is 6.48. The molecule has 1 unspecified atom stereocenters. The number of carbonyl (C=O) groups excluding carboxylic acids is 1. The molecule has 1 aromatic carbocycles. The first kappa shape index (κ1) is 16.3. The summed E-state index contributed by atoms with van der Waals surface area (Å²) in [7, 11) is 0. The van der Waals surface area contributed by atoms with Crippen molar-refractivity contribution < 1.29 is 4.79 Å². The molecule has 1 amide bonds. The number of carbonyl (C=O) groups is 1. The highest BCUT2D eigenvalue weighted by Gasteiger charge is 2.26. The third kappa shape index (κ3) is 3.05. The van der Waals surface area contributed by atoms with Gasteiger partial charge in [0.25, 0.3) is 5.56 Å². The van der Waals surface area contributed by atoms with Crippen molar-refractivity contribution in [1.29, 1.82) is 0 Å². The molecular formula is C16H17N5O2S. The SMILES string of the molecule is C/C(=N\N=C1/NC(=O)C(C)S1)c1c(C)[nH]n(-c2ccccc2)c1=O. The number of hydrogen-bond acceptors (Lipinski definition) is 5. The number of para-hydroxylation sites is 1. The topological polar surface area (TPSA) is 91.6 Å². The lowest BCUT2D eigenvalue weighted by atomic mass is 10.2. The summed E-state index contributed by atoms with van der Waals surface area (Å²) in [5, 5.41) is 14.1. The van der Waals surface area contributed by atoms with Gasteiger partial charge >= 0.3 is 0 Å². The summed E-state index contributed by atoms with van der Waals surface area (Å²) in [6.07, 6.45) is 0. The standard InChI is InChI=1S/C16H17N5O2S/c1-9(18-19-16-17-14(22)11(3)24-16)13-10(2)20-21(15(13)23)12-7-5-4-6-8-12/h4-8,11,20H,1-3H3,(H,17,19,22)/b18-9+. The monoisotopic (exact) mass is 343 g/mol. The first-order chi connectivity index (χ1) is 11.5. The lowest BCUT2D eigenvalue weighted by Crippen LogP contribution is -2.23. The van der Waals surface area contributed by atoms with Crippen molar-refractivity contribution in [2.45, 2.75) is 26.0 Å². The number of aryl methyl sites for hydroxylation is 1. The Morgan fingerprint density at radius 1 is 1.25 bits per heavy atom. The highest BCUT2D eigenvalue weighted by molar-refractivity contribution is 8.15. The first-order valence-electron chi connectivity index (χ1n) is 7.44. The number of thioether (sulfide) groups is 1. The van der Waals surface area contributed by atoms with Crippen molar-refractivity contribution >= 4 is 28.5 Å². The van der Waals surface area contributed by atoms with Crippen molar-refractivity contribution in [1.82, 2.24) is 15.1 Å². The van der Waals surface area contributed by atoms with Crippen LogP contribution in [0.1, 0.15) is 25.1 Å². The number of hydrogen-bond donors (Lipinski definition) is 2. The Bertz CT molecular complexity index is 895. The molecule has 2 aromatic rings. The first-order valence-corrected chi connectivity index (χ1v) is 8.32. The van der Waals surface area contributed by atoms with Gasteiger partial charge in [-0.3, -0.25) is 14.7 Å². The fraction of sp³-hybridized carbons (Fsp3) is 0.250. The van der Waals surface area contributed by atoms with Crippen LogP contribution in [-0.4, -0.2) is 31.8 Å². The second-order valence-electron chi connectivity index (χ2n) is 5.43. The van der Waals surface area contributed by atoms with E-state index < -0.39 is 0 Å². The van der Waals surface area contributed by atoms with Crippen molar-refractivity contribution in [2.24, 2.45) is 10.2 Å². The molecule has 8 heteroatoms. The molecule has 0 spiro atoms. The molecule has 1 fully saturated rings. The van der Waals surface area contributed by atoms with Gasteiger partial charge in [0.15, 0.2) is 5.17 Å².